The fraction of sp³-hybridized carbons (Fsp3) is 0.370. The van der Waals surface area contributed by atoms with E-state index in [0.717, 1.165) is 11.1 Å². The molecule has 0 spiro atoms. The Hall–Kier alpha value is -3.44. The molecule has 0 bridgehead atoms. The number of ether oxygens (including phenoxy) is 2. The summed E-state index contributed by atoms with van der Waals surface area (Å²) < 4.78 is 10.2. The minimum absolute atomic E-state index is 0. The number of amides is 2. The Morgan fingerprint density at radius 3 is 2.11 bits per heavy atom. The van der Waals surface area contributed by atoms with E-state index < -0.39 is 35.7 Å². The van der Waals surface area contributed by atoms with Crippen LogP contribution in [0.4, 0.5) is 4.79 Å². The van der Waals surface area contributed by atoms with E-state index in [0.29, 0.717) is 0 Å². The van der Waals surface area contributed by atoms with Gasteiger partial charge in [0, 0.05) is 17.7 Å². The van der Waals surface area contributed by atoms with Crippen molar-refractivity contribution in [2.45, 2.75) is 52.3 Å². The lowest BCUT2D eigenvalue weighted by atomic mass is 10.1. The topological polar surface area (TPSA) is 93.7 Å². The molecule has 2 aromatic carbocycles. The van der Waals surface area contributed by atoms with Gasteiger partial charge in [0.2, 0.25) is 5.91 Å². The van der Waals surface area contributed by atoms with Gasteiger partial charge < -0.3 is 20.1 Å². The number of benzene rings is 2. The molecule has 2 rings (SSSR count). The van der Waals surface area contributed by atoms with Crippen LogP contribution < -0.4 is 10.6 Å². The third kappa shape index (κ3) is 11.5. The molecule has 2 N–H and O–H groups in total. The first kappa shape index (κ1) is 29.6. The maximum Gasteiger partial charge on any atom is 0.408 e. The molecule has 0 saturated carbocycles. The predicted octanol–water partition coefficient (Wildman–Crippen LogP) is 4.16. The summed E-state index contributed by atoms with van der Waals surface area (Å²) in [6.45, 7) is 5.21. The van der Waals surface area contributed by atoms with Gasteiger partial charge >= 0.3 is 12.1 Å². The summed E-state index contributed by atoms with van der Waals surface area (Å²) in [7, 11) is 1.25. The average Bonchev–Trinajstić information content (AvgIpc) is 2.80. The van der Waals surface area contributed by atoms with E-state index in [1.165, 1.54) is 18.9 Å². The van der Waals surface area contributed by atoms with E-state index in [4.69, 9.17) is 9.47 Å². The van der Waals surface area contributed by atoms with Gasteiger partial charge in [-0.15, -0.1) is 0 Å². The van der Waals surface area contributed by atoms with Gasteiger partial charge in [-0.25, -0.2) is 9.59 Å². The van der Waals surface area contributed by atoms with Gasteiger partial charge in [0.15, 0.2) is 0 Å². The third-order valence-electron chi connectivity index (χ3n) is 4.38. The molecule has 2 atom stereocenters. The van der Waals surface area contributed by atoms with Crippen LogP contribution in [-0.4, -0.2) is 48.5 Å². The number of nitrogens with one attached hydrogen (secondary N) is 2. The molecule has 7 nitrogen and oxygen atoms in total. The molecule has 8 heteroatoms. The van der Waals surface area contributed by atoms with Gasteiger partial charge in [-0.2, -0.15) is 0 Å². The Morgan fingerprint density at radius 1 is 0.943 bits per heavy atom. The van der Waals surface area contributed by atoms with Crippen LogP contribution in [0.15, 0.2) is 60.7 Å². The Labute approximate surface area is 212 Å². The third-order valence-corrected chi connectivity index (χ3v) is 5.13. The second kappa shape index (κ2) is 14.7. The Bertz CT molecular complexity index is 1010. The number of hydrogen-bond acceptors (Lipinski definition) is 6. The second-order valence-corrected chi connectivity index (χ2v) is 9.20. The molecular formula is C27H34N2O5S. The molecule has 0 heterocycles. The molecule has 0 fully saturated rings. The van der Waals surface area contributed by atoms with Crippen molar-refractivity contribution in [1.82, 2.24) is 10.6 Å². The number of methoxy groups -OCH3 is 1. The zero-order valence-corrected chi connectivity index (χ0v) is 20.6. The van der Waals surface area contributed by atoms with Crippen molar-refractivity contribution >= 4 is 29.7 Å². The first-order chi connectivity index (χ1) is 16.2. The standard InChI is InChI=1S/C26H30N2O5S.CH4/c1-26(2,3)33-25(31)28-21(17-20-13-9-6-10-14-20)23(29)27-22(24(30)32-4)18-34-16-15-19-11-7-5-8-12-19;/h5-14,21-22H,17-18H2,1-4H3,(H,27,29)(H,28,31);1H4. The van der Waals surface area contributed by atoms with Crippen LogP contribution in [0.1, 0.15) is 39.3 Å². The number of carbonyl (C=O) groups is 3. The molecule has 0 saturated heterocycles. The van der Waals surface area contributed by atoms with Crippen molar-refractivity contribution in [3.05, 3.63) is 71.8 Å². The van der Waals surface area contributed by atoms with Crippen molar-refractivity contribution in [2.24, 2.45) is 0 Å². The summed E-state index contributed by atoms with van der Waals surface area (Å²) >= 11 is 1.19. The Balaban J connectivity index is 0.00000612. The van der Waals surface area contributed by atoms with Crippen molar-refractivity contribution in [1.29, 1.82) is 0 Å². The van der Waals surface area contributed by atoms with Crippen LogP contribution in [0.2, 0.25) is 0 Å². The molecule has 35 heavy (non-hydrogen) atoms. The van der Waals surface area contributed by atoms with E-state index in [1.54, 1.807) is 20.8 Å². The van der Waals surface area contributed by atoms with Gasteiger partial charge in [0.25, 0.3) is 0 Å². The SMILES string of the molecule is C.COC(=O)C(CSC#Cc1ccccc1)NC(=O)C(Cc1ccccc1)NC(=O)OC(C)(C)C. The summed E-state index contributed by atoms with van der Waals surface area (Å²) in [4.78, 5) is 37.7. The smallest absolute Gasteiger partial charge is 0.408 e. The Kier molecular flexibility index (Phi) is 12.5. The van der Waals surface area contributed by atoms with Crippen molar-refractivity contribution in [3.8, 4) is 11.2 Å². The summed E-state index contributed by atoms with van der Waals surface area (Å²) in [5.41, 5.74) is 0.968. The normalized spacial score (nSPS) is 12.0. The van der Waals surface area contributed by atoms with Crippen molar-refractivity contribution in [2.75, 3.05) is 12.9 Å². The molecule has 0 aromatic heterocycles. The van der Waals surface area contributed by atoms with E-state index in [9.17, 15) is 14.4 Å². The zero-order valence-electron chi connectivity index (χ0n) is 19.8. The molecule has 2 unspecified atom stereocenters. The van der Waals surface area contributed by atoms with Gasteiger partial charge in [-0.05, 0) is 43.7 Å². The lowest BCUT2D eigenvalue weighted by molar-refractivity contribution is -0.144. The van der Waals surface area contributed by atoms with Crippen LogP contribution in [0.5, 0.6) is 0 Å². The summed E-state index contributed by atoms with van der Waals surface area (Å²) in [6, 6.07) is 16.8. The van der Waals surface area contributed by atoms with Gasteiger partial charge in [0.05, 0.1) is 7.11 Å². The largest absolute Gasteiger partial charge is 0.467 e. The first-order valence-electron chi connectivity index (χ1n) is 10.8. The molecule has 2 aromatic rings. The van der Waals surface area contributed by atoms with Gasteiger partial charge in [0.1, 0.15) is 17.7 Å². The molecule has 0 radical (unpaired) electrons. The highest BCUT2D eigenvalue weighted by Gasteiger charge is 2.29. The number of thioether (sulfide) groups is 1. The highest BCUT2D eigenvalue weighted by Crippen LogP contribution is 2.10. The summed E-state index contributed by atoms with van der Waals surface area (Å²) in [5.74, 6) is 2.05. The lowest BCUT2D eigenvalue weighted by Crippen LogP contribution is -2.54. The quantitative estimate of drug-likeness (QED) is 0.419. The second-order valence-electron chi connectivity index (χ2n) is 8.38. The summed E-state index contributed by atoms with van der Waals surface area (Å²) in [6.07, 6.45) is -0.498. The van der Waals surface area contributed by atoms with Crippen LogP contribution in [0, 0.1) is 11.2 Å². The van der Waals surface area contributed by atoms with E-state index in [1.807, 2.05) is 60.7 Å². The molecule has 2 amide bonds. The monoisotopic (exact) mass is 498 g/mol. The van der Waals surface area contributed by atoms with Crippen LogP contribution in [-0.2, 0) is 25.5 Å². The number of hydrogen-bond donors (Lipinski definition) is 2. The van der Waals surface area contributed by atoms with Gasteiger partial charge in [-0.3, -0.25) is 4.79 Å². The first-order valence-corrected chi connectivity index (χ1v) is 11.8. The Morgan fingerprint density at radius 2 is 1.54 bits per heavy atom. The fourth-order valence-corrected chi connectivity index (χ4v) is 3.49. The van der Waals surface area contributed by atoms with Gasteiger partial charge in [-0.1, -0.05) is 73.6 Å². The van der Waals surface area contributed by atoms with E-state index in [-0.39, 0.29) is 19.6 Å². The van der Waals surface area contributed by atoms with Crippen LogP contribution in [0.3, 0.4) is 0 Å². The minimum Gasteiger partial charge on any atom is -0.467 e. The van der Waals surface area contributed by atoms with Crippen LogP contribution in [0.25, 0.3) is 0 Å². The van der Waals surface area contributed by atoms with Crippen molar-refractivity contribution in [3.63, 3.8) is 0 Å². The van der Waals surface area contributed by atoms with E-state index in [2.05, 4.69) is 21.8 Å². The minimum atomic E-state index is -0.954. The molecule has 188 valence electrons. The number of esters is 1. The van der Waals surface area contributed by atoms with Crippen LogP contribution >= 0.6 is 11.8 Å². The molecule has 0 aliphatic rings. The number of carbonyl (C=O) groups excluding carboxylic acids is 3. The fourth-order valence-electron chi connectivity index (χ4n) is 2.83. The molecule has 0 aliphatic heterocycles. The average molecular weight is 499 g/mol. The highest BCUT2D eigenvalue weighted by molar-refractivity contribution is 8.03. The number of alkyl carbamates (subject to hydrolysis) is 1. The summed E-state index contributed by atoms with van der Waals surface area (Å²) in [5, 5.41) is 8.22. The maximum atomic E-state index is 13.1. The highest BCUT2D eigenvalue weighted by atomic mass is 32.2. The maximum absolute atomic E-state index is 13.1. The predicted molar refractivity (Wildman–Crippen MR) is 140 cm³/mol. The zero-order chi connectivity index (χ0) is 25.0. The molecule has 0 aliphatic carbocycles. The van der Waals surface area contributed by atoms with Crippen molar-refractivity contribution < 1.29 is 23.9 Å². The lowest BCUT2D eigenvalue weighted by Gasteiger charge is -2.24. The van der Waals surface area contributed by atoms with E-state index >= 15 is 0 Å². The number of rotatable bonds is 8. The molecular weight excluding hydrogens is 464 g/mol.